The van der Waals surface area contributed by atoms with Crippen LogP contribution in [0.4, 0.5) is 10.2 Å². The molecule has 0 aliphatic carbocycles. The van der Waals surface area contributed by atoms with Crippen molar-refractivity contribution in [2.45, 2.75) is 24.8 Å². The number of H-pyrrole nitrogens is 1. The van der Waals surface area contributed by atoms with Gasteiger partial charge in [-0.3, -0.25) is 9.89 Å². The van der Waals surface area contributed by atoms with Crippen molar-refractivity contribution in [3.05, 3.63) is 60.8 Å². The van der Waals surface area contributed by atoms with Crippen LogP contribution in [0.1, 0.15) is 19.3 Å². The van der Waals surface area contributed by atoms with E-state index in [4.69, 9.17) is 4.74 Å². The molecule has 27 heavy (non-hydrogen) atoms. The van der Waals surface area contributed by atoms with Gasteiger partial charge in [0.25, 0.3) is 0 Å². The molecule has 2 N–H and O–H groups in total. The summed E-state index contributed by atoms with van der Waals surface area (Å²) in [5.74, 6) is 0.112. The van der Waals surface area contributed by atoms with Gasteiger partial charge in [-0.05, 0) is 42.7 Å². The second-order valence-corrected chi connectivity index (χ2v) is 6.82. The number of benzene rings is 1. The van der Waals surface area contributed by atoms with E-state index in [-0.39, 0.29) is 17.3 Å². The Morgan fingerprint density at radius 3 is 2.63 bits per heavy atom. The quantitative estimate of drug-likeness (QED) is 0.723. The third-order valence-corrected chi connectivity index (χ3v) is 5.12. The molecule has 3 aromatic rings. The average Bonchev–Trinajstić information content (AvgIpc) is 3.35. The molecule has 0 bridgehead atoms. The number of halogens is 1. The number of aromatic amines is 1. The number of hydrogen-bond donors (Lipinski definition) is 2. The maximum absolute atomic E-state index is 13.2. The second kappa shape index (κ2) is 7.36. The number of carbonyl (C=O) groups excluding carboxylic acids is 1. The van der Waals surface area contributed by atoms with Crippen LogP contribution in [0, 0.1) is 5.82 Å². The van der Waals surface area contributed by atoms with E-state index in [1.54, 1.807) is 18.3 Å². The summed E-state index contributed by atoms with van der Waals surface area (Å²) >= 11 is 0. The summed E-state index contributed by atoms with van der Waals surface area (Å²) in [6, 6.07) is 10.0. The maximum atomic E-state index is 13.2. The van der Waals surface area contributed by atoms with E-state index < -0.39 is 0 Å². The van der Waals surface area contributed by atoms with E-state index in [2.05, 4.69) is 20.1 Å². The van der Waals surface area contributed by atoms with Crippen LogP contribution >= 0.6 is 0 Å². The summed E-state index contributed by atoms with van der Waals surface area (Å²) in [5.41, 5.74) is 1.22. The van der Waals surface area contributed by atoms with Gasteiger partial charge in [0.1, 0.15) is 11.6 Å². The van der Waals surface area contributed by atoms with Crippen molar-refractivity contribution in [2.24, 2.45) is 0 Å². The third-order valence-electron chi connectivity index (χ3n) is 5.12. The summed E-state index contributed by atoms with van der Waals surface area (Å²) < 4.78 is 20.8. The molecule has 0 saturated carbocycles. The van der Waals surface area contributed by atoms with Crippen molar-refractivity contribution in [2.75, 3.05) is 18.5 Å². The summed E-state index contributed by atoms with van der Waals surface area (Å²) in [6.07, 6.45) is 7.52. The molecule has 1 aliphatic rings. The lowest BCUT2D eigenvalue weighted by atomic mass is 9.86. The van der Waals surface area contributed by atoms with E-state index in [1.807, 2.05) is 24.5 Å². The fraction of sp³-hybridized carbons (Fsp3) is 0.300. The highest BCUT2D eigenvalue weighted by molar-refractivity contribution is 5.94. The minimum atomic E-state index is -0.305. The Kier molecular flexibility index (Phi) is 4.77. The largest absolute Gasteiger partial charge is 0.381 e. The van der Waals surface area contributed by atoms with Crippen molar-refractivity contribution in [1.29, 1.82) is 0 Å². The average molecular weight is 368 g/mol. The number of rotatable bonds is 5. The first-order chi connectivity index (χ1) is 13.2. The summed E-state index contributed by atoms with van der Waals surface area (Å²) in [5, 5.41) is 9.79. The number of nitrogens with one attached hydrogen (secondary N) is 2. The number of ether oxygens (including phenoxy) is 1. The molecule has 6 nitrogen and oxygen atoms in total. The molecule has 1 amide bonds. The van der Waals surface area contributed by atoms with E-state index >= 15 is 0 Å². The molecule has 1 aromatic carbocycles. The van der Waals surface area contributed by atoms with E-state index in [9.17, 15) is 9.18 Å². The van der Waals surface area contributed by atoms with Crippen molar-refractivity contribution < 1.29 is 13.9 Å². The van der Waals surface area contributed by atoms with Crippen molar-refractivity contribution in [3.8, 4) is 11.1 Å². The van der Waals surface area contributed by atoms with Gasteiger partial charge in [-0.15, -0.1) is 0 Å². The van der Waals surface area contributed by atoms with Crippen LogP contribution in [-0.2, 0) is 15.1 Å². The zero-order valence-corrected chi connectivity index (χ0v) is 14.8. The fourth-order valence-corrected chi connectivity index (χ4v) is 3.64. The lowest BCUT2D eigenvalue weighted by molar-refractivity contribution is -0.119. The number of anilines is 1. The number of hydrogen-bond acceptors (Lipinski definition) is 3. The Morgan fingerprint density at radius 2 is 1.93 bits per heavy atom. The smallest absolute Gasteiger partial charge is 0.227 e. The molecule has 0 unspecified atom stereocenters. The van der Waals surface area contributed by atoms with Gasteiger partial charge in [-0.25, -0.2) is 4.39 Å². The lowest BCUT2D eigenvalue weighted by Crippen LogP contribution is -2.42. The van der Waals surface area contributed by atoms with Crippen LogP contribution in [0.15, 0.2) is 55.0 Å². The molecule has 2 aromatic heterocycles. The molecule has 0 atom stereocenters. The van der Waals surface area contributed by atoms with Gasteiger partial charge < -0.3 is 14.6 Å². The van der Waals surface area contributed by atoms with Crippen LogP contribution in [0.5, 0.6) is 0 Å². The number of aromatic nitrogens is 3. The predicted molar refractivity (Wildman–Crippen MR) is 99.7 cm³/mol. The number of nitrogens with zero attached hydrogens (tertiary/aromatic N) is 2. The Morgan fingerprint density at radius 1 is 1.22 bits per heavy atom. The Labute approximate surface area is 156 Å². The van der Waals surface area contributed by atoms with Crippen LogP contribution in [0.2, 0.25) is 0 Å². The monoisotopic (exact) mass is 368 g/mol. The SMILES string of the molecule is O=C(CC1(n2cccc2)CCOCC1)Nc1[nH]ncc1-c1ccc(F)cc1. The first-order valence-corrected chi connectivity index (χ1v) is 8.97. The highest BCUT2D eigenvalue weighted by Gasteiger charge is 2.36. The highest BCUT2D eigenvalue weighted by Crippen LogP contribution is 2.34. The second-order valence-electron chi connectivity index (χ2n) is 6.82. The van der Waals surface area contributed by atoms with E-state index in [0.717, 1.165) is 24.0 Å². The first kappa shape index (κ1) is 17.5. The Bertz CT molecular complexity index is 896. The molecular formula is C20H21FN4O2. The molecule has 140 valence electrons. The first-order valence-electron chi connectivity index (χ1n) is 8.97. The van der Waals surface area contributed by atoms with Gasteiger partial charge in [-0.2, -0.15) is 5.10 Å². The van der Waals surface area contributed by atoms with Gasteiger partial charge in [0, 0.05) is 31.2 Å². The standard InChI is InChI=1S/C20H21FN4O2/c21-16-5-3-15(4-6-16)17-14-22-24-19(17)23-18(26)13-20(7-11-27-12-8-20)25-9-1-2-10-25/h1-6,9-10,14H,7-8,11-13H2,(H2,22,23,24,26). The van der Waals surface area contributed by atoms with Crippen molar-refractivity contribution in [3.63, 3.8) is 0 Å². The molecule has 3 heterocycles. The normalized spacial score (nSPS) is 16.2. The molecule has 0 spiro atoms. The van der Waals surface area contributed by atoms with Crippen molar-refractivity contribution in [1.82, 2.24) is 14.8 Å². The van der Waals surface area contributed by atoms with Crippen LogP contribution in [-0.4, -0.2) is 33.9 Å². The molecule has 4 rings (SSSR count). The van der Waals surface area contributed by atoms with Gasteiger partial charge in [0.2, 0.25) is 5.91 Å². The zero-order valence-electron chi connectivity index (χ0n) is 14.8. The third kappa shape index (κ3) is 3.64. The summed E-state index contributed by atoms with van der Waals surface area (Å²) in [7, 11) is 0. The summed E-state index contributed by atoms with van der Waals surface area (Å²) in [6.45, 7) is 1.27. The highest BCUT2D eigenvalue weighted by atomic mass is 19.1. The molecule has 0 radical (unpaired) electrons. The van der Waals surface area contributed by atoms with E-state index in [1.165, 1.54) is 12.1 Å². The lowest BCUT2D eigenvalue weighted by Gasteiger charge is -2.38. The topological polar surface area (TPSA) is 71.9 Å². The molecule has 7 heteroatoms. The van der Waals surface area contributed by atoms with E-state index in [0.29, 0.717) is 25.5 Å². The number of carbonyl (C=O) groups is 1. The molecule has 1 aliphatic heterocycles. The minimum absolute atomic E-state index is 0.0989. The Hall–Kier alpha value is -2.93. The van der Waals surface area contributed by atoms with Gasteiger partial charge in [0.05, 0.1) is 18.2 Å². The number of amides is 1. The van der Waals surface area contributed by atoms with Crippen LogP contribution < -0.4 is 5.32 Å². The minimum Gasteiger partial charge on any atom is -0.381 e. The molecule has 1 fully saturated rings. The van der Waals surface area contributed by atoms with Gasteiger partial charge >= 0.3 is 0 Å². The molecular weight excluding hydrogens is 347 g/mol. The Balaban J connectivity index is 1.53. The maximum Gasteiger partial charge on any atom is 0.227 e. The van der Waals surface area contributed by atoms with Crippen molar-refractivity contribution >= 4 is 11.7 Å². The molecule has 1 saturated heterocycles. The van der Waals surface area contributed by atoms with Crippen LogP contribution in [0.25, 0.3) is 11.1 Å². The fourth-order valence-electron chi connectivity index (χ4n) is 3.64. The summed E-state index contributed by atoms with van der Waals surface area (Å²) in [4.78, 5) is 12.8. The van der Waals surface area contributed by atoms with Gasteiger partial charge in [-0.1, -0.05) is 12.1 Å². The van der Waals surface area contributed by atoms with Crippen LogP contribution in [0.3, 0.4) is 0 Å². The zero-order chi connectivity index (χ0) is 18.7. The predicted octanol–water partition coefficient (Wildman–Crippen LogP) is 3.55. The van der Waals surface area contributed by atoms with Gasteiger partial charge in [0.15, 0.2) is 0 Å².